The van der Waals surface area contributed by atoms with Crippen LogP contribution < -0.4 is 0 Å². The molecule has 0 saturated heterocycles. The van der Waals surface area contributed by atoms with Gasteiger partial charge in [0.25, 0.3) is 0 Å². The summed E-state index contributed by atoms with van der Waals surface area (Å²) in [4.78, 5) is 12.9. The highest BCUT2D eigenvalue weighted by atomic mass is 16.4. The number of carboxylic acid groups (broad SMARTS) is 1. The van der Waals surface area contributed by atoms with Gasteiger partial charge in [0.15, 0.2) is 0 Å². The minimum Gasteiger partial charge on any atom is -0.480 e. The number of carboxylic acids is 1. The van der Waals surface area contributed by atoms with Gasteiger partial charge in [0.05, 0.1) is 18.3 Å². The summed E-state index contributed by atoms with van der Waals surface area (Å²) in [5.74, 6) is -0.347. The van der Waals surface area contributed by atoms with Gasteiger partial charge < -0.3 is 5.11 Å². The fourth-order valence-corrected chi connectivity index (χ4v) is 2.45. The minimum absolute atomic E-state index is 0.0655. The summed E-state index contributed by atoms with van der Waals surface area (Å²) in [5, 5.41) is 13.6. The molecule has 1 heterocycles. The molecule has 1 N–H and O–H groups in total. The van der Waals surface area contributed by atoms with Crippen molar-refractivity contribution >= 4 is 5.97 Å². The molecule has 20 heavy (non-hydrogen) atoms. The van der Waals surface area contributed by atoms with Gasteiger partial charge in [-0.1, -0.05) is 27.7 Å². The van der Waals surface area contributed by atoms with E-state index in [9.17, 15) is 4.79 Å². The first-order chi connectivity index (χ1) is 9.46. The zero-order chi connectivity index (χ0) is 15.1. The smallest absolute Gasteiger partial charge is 0.317 e. The first kappa shape index (κ1) is 16.7. The molecule has 0 aliphatic heterocycles. The van der Waals surface area contributed by atoms with Crippen molar-refractivity contribution in [1.82, 2.24) is 14.7 Å². The van der Waals surface area contributed by atoms with Crippen LogP contribution in [0.2, 0.25) is 0 Å². The van der Waals surface area contributed by atoms with Gasteiger partial charge in [-0.25, -0.2) is 0 Å². The van der Waals surface area contributed by atoms with Gasteiger partial charge in [0, 0.05) is 19.3 Å². The molecule has 5 nitrogen and oxygen atoms in total. The molecule has 0 saturated carbocycles. The second-order valence-electron chi connectivity index (χ2n) is 5.71. The second-order valence-corrected chi connectivity index (χ2v) is 5.71. The Hall–Kier alpha value is -1.36. The summed E-state index contributed by atoms with van der Waals surface area (Å²) in [6, 6.07) is 2.43. The Bertz CT molecular complexity index is 411. The predicted octanol–water partition coefficient (Wildman–Crippen LogP) is 2.79. The van der Waals surface area contributed by atoms with E-state index in [0.29, 0.717) is 18.5 Å². The van der Waals surface area contributed by atoms with Crippen LogP contribution in [-0.4, -0.2) is 38.8 Å². The van der Waals surface area contributed by atoms with Gasteiger partial charge >= 0.3 is 5.97 Å². The summed E-state index contributed by atoms with van der Waals surface area (Å²) >= 11 is 0. The highest BCUT2D eigenvalue weighted by Crippen LogP contribution is 2.15. The maximum absolute atomic E-state index is 10.9. The van der Waals surface area contributed by atoms with Crippen LogP contribution in [0.25, 0.3) is 0 Å². The van der Waals surface area contributed by atoms with E-state index in [1.54, 1.807) is 0 Å². The lowest BCUT2D eigenvalue weighted by atomic mass is 10.2. The zero-order valence-corrected chi connectivity index (χ0v) is 13.0. The molecule has 1 rings (SSSR count). The Balaban J connectivity index is 2.70. The molecule has 0 atom stereocenters. The van der Waals surface area contributed by atoms with Crippen molar-refractivity contribution in [2.75, 3.05) is 13.1 Å². The average Bonchev–Trinajstić information content (AvgIpc) is 2.77. The third-order valence-electron chi connectivity index (χ3n) is 3.35. The normalized spacial score (nSPS) is 11.8. The number of rotatable bonds is 9. The zero-order valence-electron chi connectivity index (χ0n) is 13.0. The molecule has 0 radical (unpaired) electrons. The third kappa shape index (κ3) is 5.33. The first-order valence-corrected chi connectivity index (χ1v) is 7.44. The van der Waals surface area contributed by atoms with Crippen LogP contribution in [0.5, 0.6) is 0 Å². The van der Waals surface area contributed by atoms with Crippen molar-refractivity contribution in [1.29, 1.82) is 0 Å². The molecular weight excluding hydrogens is 254 g/mol. The van der Waals surface area contributed by atoms with Crippen LogP contribution in [0.4, 0.5) is 0 Å². The molecule has 0 fully saturated rings. The quantitative estimate of drug-likeness (QED) is 0.756. The van der Waals surface area contributed by atoms with Crippen LogP contribution in [0, 0.1) is 5.92 Å². The highest BCUT2D eigenvalue weighted by molar-refractivity contribution is 5.69. The van der Waals surface area contributed by atoms with Crippen LogP contribution in [0.15, 0.2) is 12.3 Å². The van der Waals surface area contributed by atoms with Gasteiger partial charge in [-0.05, 0) is 24.8 Å². The average molecular weight is 281 g/mol. The van der Waals surface area contributed by atoms with Crippen LogP contribution in [-0.2, 0) is 11.3 Å². The molecule has 5 heteroatoms. The molecular formula is C15H27N3O2. The Labute approximate surface area is 121 Å². The van der Waals surface area contributed by atoms with Gasteiger partial charge in [-0.15, -0.1) is 0 Å². The van der Waals surface area contributed by atoms with Gasteiger partial charge in [-0.2, -0.15) is 5.10 Å². The van der Waals surface area contributed by atoms with E-state index < -0.39 is 5.97 Å². The summed E-state index contributed by atoms with van der Waals surface area (Å²) in [7, 11) is 0. The van der Waals surface area contributed by atoms with E-state index >= 15 is 0 Å². The van der Waals surface area contributed by atoms with Crippen molar-refractivity contribution < 1.29 is 9.90 Å². The Kier molecular flexibility index (Phi) is 6.71. The van der Waals surface area contributed by atoms with Crippen molar-refractivity contribution in [2.24, 2.45) is 5.92 Å². The lowest BCUT2D eigenvalue weighted by Crippen LogP contribution is -2.32. The largest absolute Gasteiger partial charge is 0.480 e. The second kappa shape index (κ2) is 8.04. The molecule has 1 aromatic heterocycles. The number of nitrogens with zero attached hydrogens (tertiary/aromatic N) is 3. The molecule has 0 spiro atoms. The van der Waals surface area contributed by atoms with Crippen LogP contribution >= 0.6 is 0 Å². The maximum Gasteiger partial charge on any atom is 0.317 e. The number of aromatic nitrogens is 2. The minimum atomic E-state index is -0.787. The molecule has 0 bridgehead atoms. The SMILES string of the molecule is CCC(CC)n1ccc(CN(CC(=O)O)CC(C)C)n1. The number of aliphatic carboxylic acids is 1. The van der Waals surface area contributed by atoms with E-state index in [4.69, 9.17) is 5.11 Å². The van der Waals surface area contributed by atoms with E-state index in [1.165, 1.54) is 0 Å². The molecule has 0 aromatic carbocycles. The standard InChI is InChI=1S/C15H27N3O2/c1-5-14(6-2)18-8-7-13(16-18)10-17(9-12(3)4)11-15(19)20/h7-8,12,14H,5-6,9-11H2,1-4H3,(H,19,20). The van der Waals surface area contributed by atoms with E-state index in [1.807, 2.05) is 21.8 Å². The predicted molar refractivity (Wildman–Crippen MR) is 79.6 cm³/mol. The van der Waals surface area contributed by atoms with E-state index in [-0.39, 0.29) is 6.54 Å². The van der Waals surface area contributed by atoms with Crippen molar-refractivity contribution in [3.8, 4) is 0 Å². The van der Waals surface area contributed by atoms with Crippen molar-refractivity contribution in [3.05, 3.63) is 18.0 Å². The fourth-order valence-electron chi connectivity index (χ4n) is 2.45. The van der Waals surface area contributed by atoms with Crippen molar-refractivity contribution in [2.45, 2.75) is 53.1 Å². The number of hydrogen-bond acceptors (Lipinski definition) is 3. The molecule has 114 valence electrons. The van der Waals surface area contributed by atoms with E-state index in [0.717, 1.165) is 25.1 Å². The summed E-state index contributed by atoms with van der Waals surface area (Å²) in [5.41, 5.74) is 0.943. The van der Waals surface area contributed by atoms with Crippen LogP contribution in [0.3, 0.4) is 0 Å². The Morgan fingerprint density at radius 2 is 2.05 bits per heavy atom. The molecule has 0 aliphatic carbocycles. The molecule has 0 aliphatic rings. The van der Waals surface area contributed by atoms with Gasteiger partial charge in [0.2, 0.25) is 0 Å². The summed E-state index contributed by atoms with van der Waals surface area (Å²) in [6.07, 6.45) is 4.12. The topological polar surface area (TPSA) is 58.4 Å². The van der Waals surface area contributed by atoms with Crippen molar-refractivity contribution in [3.63, 3.8) is 0 Å². The fraction of sp³-hybridized carbons (Fsp3) is 0.733. The van der Waals surface area contributed by atoms with E-state index in [2.05, 4.69) is 32.8 Å². The number of carbonyl (C=O) groups is 1. The van der Waals surface area contributed by atoms with Crippen LogP contribution in [0.1, 0.15) is 52.3 Å². The molecule has 0 unspecified atom stereocenters. The summed E-state index contributed by atoms with van der Waals surface area (Å²) < 4.78 is 2.00. The first-order valence-electron chi connectivity index (χ1n) is 7.44. The Morgan fingerprint density at radius 3 is 2.55 bits per heavy atom. The third-order valence-corrected chi connectivity index (χ3v) is 3.35. The lowest BCUT2D eigenvalue weighted by molar-refractivity contribution is -0.138. The number of hydrogen-bond donors (Lipinski definition) is 1. The maximum atomic E-state index is 10.9. The lowest BCUT2D eigenvalue weighted by Gasteiger charge is -2.21. The van der Waals surface area contributed by atoms with Gasteiger partial charge in [-0.3, -0.25) is 14.4 Å². The highest BCUT2D eigenvalue weighted by Gasteiger charge is 2.14. The monoisotopic (exact) mass is 281 g/mol. The molecule has 1 aromatic rings. The summed E-state index contributed by atoms with van der Waals surface area (Å²) in [6.45, 7) is 9.93. The van der Waals surface area contributed by atoms with Gasteiger partial charge in [0.1, 0.15) is 0 Å². The molecule has 0 amide bonds. The Morgan fingerprint density at radius 1 is 1.40 bits per heavy atom.